The van der Waals surface area contributed by atoms with Gasteiger partial charge in [0.25, 0.3) is 0 Å². The van der Waals surface area contributed by atoms with Crippen molar-refractivity contribution in [2.24, 2.45) is 0 Å². The van der Waals surface area contributed by atoms with Crippen molar-refractivity contribution in [3.63, 3.8) is 0 Å². The Kier molecular flexibility index (Phi) is 6.56. The van der Waals surface area contributed by atoms with Crippen LogP contribution in [0.5, 0.6) is 11.5 Å². The molecule has 180 valence electrons. The molecule has 0 radical (unpaired) electrons. The molecule has 0 bridgehead atoms. The maximum atomic E-state index is 13.8. The molecule has 6 heteroatoms. The zero-order valence-corrected chi connectivity index (χ0v) is 21.7. The predicted molar refractivity (Wildman–Crippen MR) is 143 cm³/mol. The molecule has 2 N–H and O–H groups in total. The van der Waals surface area contributed by atoms with Crippen LogP contribution in [0, 0.1) is 0 Å². The molecule has 2 atom stereocenters. The first-order chi connectivity index (χ1) is 16.9. The van der Waals surface area contributed by atoms with Gasteiger partial charge in [0.05, 0.1) is 30.6 Å². The summed E-state index contributed by atoms with van der Waals surface area (Å²) in [4.78, 5) is 13.8. The van der Waals surface area contributed by atoms with Crippen LogP contribution < -0.4 is 20.1 Å². The number of methoxy groups -OCH3 is 1. The van der Waals surface area contributed by atoms with E-state index in [1.165, 1.54) is 0 Å². The van der Waals surface area contributed by atoms with Crippen LogP contribution in [0.3, 0.4) is 0 Å². The largest absolute Gasteiger partial charge is 0.496 e. The highest BCUT2D eigenvalue weighted by Gasteiger charge is 2.37. The number of allylic oxidation sites excluding steroid dienone is 1. The second-order valence-corrected chi connectivity index (χ2v) is 10.2. The van der Waals surface area contributed by atoms with Gasteiger partial charge in [0.1, 0.15) is 11.5 Å². The normalized spacial score (nSPS) is 19.3. The molecule has 1 aliphatic carbocycles. The molecule has 1 heterocycles. The van der Waals surface area contributed by atoms with Gasteiger partial charge in [0, 0.05) is 27.7 Å². The van der Waals surface area contributed by atoms with Crippen molar-refractivity contribution in [2.75, 3.05) is 17.7 Å². The highest BCUT2D eigenvalue weighted by atomic mass is 79.9. The molecular formula is C29H29BrN2O3. The third-order valence-corrected chi connectivity index (χ3v) is 7.03. The minimum absolute atomic E-state index is 0.0946. The first-order valence-electron chi connectivity index (χ1n) is 11.9. The highest BCUT2D eigenvalue weighted by Crippen LogP contribution is 2.46. The van der Waals surface area contributed by atoms with Crippen LogP contribution in [0.2, 0.25) is 0 Å². The smallest absolute Gasteiger partial charge is 0.163 e. The third-order valence-electron chi connectivity index (χ3n) is 6.54. The Morgan fingerprint density at radius 2 is 1.71 bits per heavy atom. The van der Waals surface area contributed by atoms with E-state index in [1.807, 2.05) is 68.4 Å². The summed E-state index contributed by atoms with van der Waals surface area (Å²) in [6, 6.07) is 21.8. The lowest BCUT2D eigenvalue weighted by Crippen LogP contribution is -2.27. The number of halogens is 1. The fourth-order valence-corrected chi connectivity index (χ4v) is 5.36. The summed E-state index contributed by atoms with van der Waals surface area (Å²) in [5.74, 6) is 1.82. The Morgan fingerprint density at radius 1 is 0.971 bits per heavy atom. The Bertz CT molecular complexity index is 1280. The van der Waals surface area contributed by atoms with Crippen LogP contribution in [0.1, 0.15) is 49.8 Å². The average molecular weight is 533 g/mol. The number of hydrogen-bond acceptors (Lipinski definition) is 5. The summed E-state index contributed by atoms with van der Waals surface area (Å²) in [5.41, 5.74) is 5.71. The number of nitrogens with one attached hydrogen (secondary N) is 2. The van der Waals surface area contributed by atoms with Crippen molar-refractivity contribution in [1.82, 2.24) is 0 Å². The molecule has 0 fully saturated rings. The summed E-state index contributed by atoms with van der Waals surface area (Å²) in [6.45, 7) is 4.03. The highest BCUT2D eigenvalue weighted by molar-refractivity contribution is 9.10. The fraction of sp³-hybridized carbons (Fsp3) is 0.276. The Hall–Kier alpha value is -3.25. The van der Waals surface area contributed by atoms with E-state index >= 15 is 0 Å². The average Bonchev–Trinajstić information content (AvgIpc) is 3.01. The molecule has 1 aliphatic heterocycles. The zero-order chi connectivity index (χ0) is 24.5. The summed E-state index contributed by atoms with van der Waals surface area (Å²) in [7, 11) is 1.66. The van der Waals surface area contributed by atoms with Crippen LogP contribution >= 0.6 is 15.9 Å². The van der Waals surface area contributed by atoms with E-state index in [0.717, 1.165) is 56.2 Å². The monoisotopic (exact) mass is 532 g/mol. The van der Waals surface area contributed by atoms with Gasteiger partial charge >= 0.3 is 0 Å². The van der Waals surface area contributed by atoms with Crippen LogP contribution in [0.4, 0.5) is 11.4 Å². The summed E-state index contributed by atoms with van der Waals surface area (Å²) in [5, 5.41) is 7.23. The minimum atomic E-state index is -0.330. The molecule has 0 saturated heterocycles. The molecule has 2 unspecified atom stereocenters. The maximum absolute atomic E-state index is 13.8. The molecule has 3 aromatic carbocycles. The maximum Gasteiger partial charge on any atom is 0.163 e. The van der Waals surface area contributed by atoms with Gasteiger partial charge in [-0.1, -0.05) is 40.2 Å². The topological polar surface area (TPSA) is 59.6 Å². The van der Waals surface area contributed by atoms with Gasteiger partial charge in [0.2, 0.25) is 0 Å². The number of hydrogen-bond donors (Lipinski definition) is 2. The van der Waals surface area contributed by atoms with E-state index in [9.17, 15) is 4.79 Å². The van der Waals surface area contributed by atoms with Crippen LogP contribution in [0.25, 0.3) is 0 Å². The van der Waals surface area contributed by atoms with E-state index in [-0.39, 0.29) is 23.8 Å². The van der Waals surface area contributed by atoms with Gasteiger partial charge in [-0.05, 0) is 74.2 Å². The van der Waals surface area contributed by atoms with Crippen molar-refractivity contribution in [3.05, 3.63) is 93.6 Å². The Morgan fingerprint density at radius 3 is 2.43 bits per heavy atom. The lowest BCUT2D eigenvalue weighted by atomic mass is 9.78. The molecule has 0 amide bonds. The number of para-hydroxylation sites is 2. The molecule has 5 rings (SSSR count). The van der Waals surface area contributed by atoms with Gasteiger partial charge in [-0.15, -0.1) is 0 Å². The van der Waals surface area contributed by atoms with Crippen molar-refractivity contribution < 1.29 is 14.3 Å². The number of fused-ring (bicyclic) bond motifs is 1. The van der Waals surface area contributed by atoms with Crippen molar-refractivity contribution in [2.45, 2.75) is 44.8 Å². The zero-order valence-electron chi connectivity index (χ0n) is 20.1. The van der Waals surface area contributed by atoms with E-state index in [4.69, 9.17) is 9.47 Å². The Balaban J connectivity index is 1.56. The first kappa shape index (κ1) is 23.5. The second kappa shape index (κ2) is 9.78. The first-order valence-corrected chi connectivity index (χ1v) is 12.7. The fourth-order valence-electron chi connectivity index (χ4n) is 4.98. The molecule has 5 nitrogen and oxygen atoms in total. The SMILES string of the molecule is COc1ccc(Br)cc1C1Nc2ccccc2NC2=C1C(=O)CC(c1ccc(OC(C)C)cc1)C2. The number of Topliss-reactive ketones (excluding diaryl/α,β-unsaturated/α-hetero) is 1. The van der Waals surface area contributed by atoms with Gasteiger partial charge in [-0.2, -0.15) is 0 Å². The number of carbonyl (C=O) groups is 1. The number of carbonyl (C=O) groups excluding carboxylic acids is 1. The molecule has 2 aliphatic rings. The second-order valence-electron chi connectivity index (χ2n) is 9.29. The van der Waals surface area contributed by atoms with Gasteiger partial charge in [-0.3, -0.25) is 4.79 Å². The van der Waals surface area contributed by atoms with E-state index in [1.54, 1.807) is 7.11 Å². The minimum Gasteiger partial charge on any atom is -0.496 e. The third kappa shape index (κ3) is 4.80. The quantitative estimate of drug-likeness (QED) is 0.363. The predicted octanol–water partition coefficient (Wildman–Crippen LogP) is 7.22. The lowest BCUT2D eigenvalue weighted by molar-refractivity contribution is -0.116. The van der Waals surface area contributed by atoms with Crippen LogP contribution in [-0.2, 0) is 4.79 Å². The molecule has 3 aromatic rings. The number of benzene rings is 3. The standard InChI is InChI=1S/C29H29BrN2O3/c1-17(2)35-21-11-8-18(9-12-21)19-14-25-28(26(33)15-19)29(22-16-20(30)10-13-27(22)34-3)32-24-7-5-4-6-23(24)31-25/h4-13,16-17,19,29,31-32H,14-15H2,1-3H3. The van der Waals surface area contributed by atoms with Crippen molar-refractivity contribution in [1.29, 1.82) is 0 Å². The molecular weight excluding hydrogens is 504 g/mol. The van der Waals surface area contributed by atoms with Crippen LogP contribution in [0.15, 0.2) is 82.5 Å². The number of ketones is 1. The number of anilines is 2. The Labute approximate surface area is 214 Å². The number of rotatable bonds is 5. The lowest BCUT2D eigenvalue weighted by Gasteiger charge is -2.30. The van der Waals surface area contributed by atoms with E-state index in [2.05, 4.69) is 38.7 Å². The van der Waals surface area contributed by atoms with E-state index in [0.29, 0.717) is 6.42 Å². The van der Waals surface area contributed by atoms with Gasteiger partial charge in [-0.25, -0.2) is 0 Å². The van der Waals surface area contributed by atoms with Crippen molar-refractivity contribution in [3.8, 4) is 11.5 Å². The molecule has 0 aromatic heterocycles. The number of ether oxygens (including phenoxy) is 2. The molecule has 0 saturated carbocycles. The molecule has 35 heavy (non-hydrogen) atoms. The summed E-state index contributed by atoms with van der Waals surface area (Å²) >= 11 is 3.60. The molecule has 0 spiro atoms. The van der Waals surface area contributed by atoms with Crippen molar-refractivity contribution >= 4 is 33.1 Å². The van der Waals surface area contributed by atoms with Crippen LogP contribution in [-0.4, -0.2) is 19.0 Å². The summed E-state index contributed by atoms with van der Waals surface area (Å²) in [6.07, 6.45) is 1.32. The van der Waals surface area contributed by atoms with Gasteiger partial charge < -0.3 is 20.1 Å². The van der Waals surface area contributed by atoms with E-state index < -0.39 is 0 Å². The summed E-state index contributed by atoms with van der Waals surface area (Å²) < 4.78 is 12.4. The van der Waals surface area contributed by atoms with Gasteiger partial charge in [0.15, 0.2) is 5.78 Å².